The highest BCUT2D eigenvalue weighted by Crippen LogP contribution is 2.23. The largest absolute Gasteiger partial charge is 0.325 e. The number of nitrogens with two attached hydrogens (primary N) is 1. The van der Waals surface area contributed by atoms with E-state index in [1.165, 1.54) is 0 Å². The first-order valence-corrected chi connectivity index (χ1v) is 3.72. The lowest BCUT2D eigenvalue weighted by Crippen LogP contribution is -2.07. The first-order valence-electron chi connectivity index (χ1n) is 3.72. The zero-order valence-electron chi connectivity index (χ0n) is 7.01. The molecule has 0 saturated heterocycles. The standard InChI is InChI=1S/C8H7F3N2O/c9-7(10)5-1-4(2-12)13-8(11)6(5)3-14/h1,3,7H,2,12H2. The third-order valence-corrected chi connectivity index (χ3v) is 1.66. The van der Waals surface area contributed by atoms with Crippen LogP contribution in [0, 0.1) is 5.95 Å². The van der Waals surface area contributed by atoms with Gasteiger partial charge < -0.3 is 5.73 Å². The molecule has 0 unspecified atom stereocenters. The van der Waals surface area contributed by atoms with E-state index in [0.717, 1.165) is 6.07 Å². The Morgan fingerprint density at radius 1 is 1.57 bits per heavy atom. The number of nitrogens with zero attached hydrogens (tertiary/aromatic N) is 1. The van der Waals surface area contributed by atoms with Crippen LogP contribution in [-0.2, 0) is 6.54 Å². The quantitative estimate of drug-likeness (QED) is 0.598. The molecule has 1 rings (SSSR count). The SMILES string of the molecule is NCc1cc(C(F)F)c(C=O)c(F)n1. The highest BCUT2D eigenvalue weighted by atomic mass is 19.3. The van der Waals surface area contributed by atoms with Gasteiger partial charge in [-0.1, -0.05) is 0 Å². The Hall–Kier alpha value is -1.43. The average Bonchev–Trinajstić information content (AvgIpc) is 2.16. The maximum atomic E-state index is 12.9. The van der Waals surface area contributed by atoms with Gasteiger partial charge in [0, 0.05) is 12.1 Å². The molecule has 0 amide bonds. The highest BCUT2D eigenvalue weighted by molar-refractivity contribution is 5.77. The predicted octanol–water partition coefficient (Wildman–Crippen LogP) is 1.43. The van der Waals surface area contributed by atoms with Gasteiger partial charge in [0.1, 0.15) is 0 Å². The molecule has 0 spiro atoms. The molecule has 1 aromatic rings. The van der Waals surface area contributed by atoms with Crippen molar-refractivity contribution in [1.82, 2.24) is 4.98 Å². The van der Waals surface area contributed by atoms with Gasteiger partial charge in [-0.25, -0.2) is 13.8 Å². The zero-order valence-corrected chi connectivity index (χ0v) is 7.01. The Balaban J connectivity index is 3.35. The Morgan fingerprint density at radius 3 is 2.64 bits per heavy atom. The summed E-state index contributed by atoms with van der Waals surface area (Å²) in [4.78, 5) is 13.6. The van der Waals surface area contributed by atoms with E-state index in [1.54, 1.807) is 0 Å². The fourth-order valence-electron chi connectivity index (χ4n) is 0.997. The van der Waals surface area contributed by atoms with Gasteiger partial charge in [0.05, 0.1) is 11.3 Å². The van der Waals surface area contributed by atoms with Crippen LogP contribution in [0.5, 0.6) is 0 Å². The van der Waals surface area contributed by atoms with Gasteiger partial charge in [0.15, 0.2) is 6.29 Å². The van der Waals surface area contributed by atoms with Gasteiger partial charge in [0.25, 0.3) is 6.43 Å². The summed E-state index contributed by atoms with van der Waals surface area (Å²) >= 11 is 0. The molecule has 2 N–H and O–H groups in total. The van der Waals surface area contributed by atoms with Crippen molar-refractivity contribution >= 4 is 6.29 Å². The van der Waals surface area contributed by atoms with E-state index in [4.69, 9.17) is 5.73 Å². The predicted molar refractivity (Wildman–Crippen MR) is 42.4 cm³/mol. The van der Waals surface area contributed by atoms with Crippen molar-refractivity contribution in [3.05, 3.63) is 28.8 Å². The molecule has 0 aliphatic heterocycles. The van der Waals surface area contributed by atoms with Gasteiger partial charge in [0.2, 0.25) is 5.95 Å². The van der Waals surface area contributed by atoms with Crippen LogP contribution in [0.2, 0.25) is 0 Å². The number of pyridine rings is 1. The van der Waals surface area contributed by atoms with Gasteiger partial charge in [-0.15, -0.1) is 0 Å². The van der Waals surface area contributed by atoms with Crippen LogP contribution >= 0.6 is 0 Å². The molecular weight excluding hydrogens is 197 g/mol. The third-order valence-electron chi connectivity index (χ3n) is 1.66. The van der Waals surface area contributed by atoms with Crippen molar-refractivity contribution in [2.75, 3.05) is 0 Å². The number of aldehydes is 1. The Kier molecular flexibility index (Phi) is 3.19. The van der Waals surface area contributed by atoms with Gasteiger partial charge >= 0.3 is 0 Å². The third kappa shape index (κ3) is 1.90. The lowest BCUT2D eigenvalue weighted by molar-refractivity contribution is 0.110. The molecular formula is C8H7F3N2O. The van der Waals surface area contributed by atoms with E-state index in [9.17, 15) is 18.0 Å². The Bertz CT molecular complexity index is 355. The molecule has 1 heterocycles. The minimum Gasteiger partial charge on any atom is -0.325 e. The Labute approximate surface area is 77.7 Å². The summed E-state index contributed by atoms with van der Waals surface area (Å²) in [6.45, 7) is -0.157. The number of carbonyl (C=O) groups excluding carboxylic acids is 1. The van der Waals surface area contributed by atoms with Crippen molar-refractivity contribution in [2.45, 2.75) is 13.0 Å². The molecule has 6 heteroatoms. The summed E-state index contributed by atoms with van der Waals surface area (Å²) in [6.07, 6.45) is -2.90. The molecule has 0 aliphatic carbocycles. The number of halogens is 3. The van der Waals surface area contributed by atoms with Crippen molar-refractivity contribution < 1.29 is 18.0 Å². The van der Waals surface area contributed by atoms with Crippen LogP contribution in [-0.4, -0.2) is 11.3 Å². The second-order valence-electron chi connectivity index (χ2n) is 2.53. The fourth-order valence-corrected chi connectivity index (χ4v) is 0.997. The molecule has 0 fully saturated rings. The van der Waals surface area contributed by atoms with Crippen molar-refractivity contribution in [3.8, 4) is 0 Å². The molecule has 76 valence electrons. The number of hydrogen-bond donors (Lipinski definition) is 1. The van der Waals surface area contributed by atoms with Gasteiger partial charge in [-0.3, -0.25) is 4.79 Å². The van der Waals surface area contributed by atoms with E-state index in [-0.39, 0.29) is 18.5 Å². The zero-order chi connectivity index (χ0) is 10.7. The first kappa shape index (κ1) is 10.6. The van der Waals surface area contributed by atoms with Crippen LogP contribution < -0.4 is 5.73 Å². The maximum absolute atomic E-state index is 12.9. The summed E-state index contributed by atoms with van der Waals surface area (Å²) in [5.74, 6) is -1.21. The fraction of sp³-hybridized carbons (Fsp3) is 0.250. The number of hydrogen-bond acceptors (Lipinski definition) is 3. The maximum Gasteiger partial charge on any atom is 0.264 e. The van der Waals surface area contributed by atoms with E-state index >= 15 is 0 Å². The topological polar surface area (TPSA) is 56.0 Å². The number of alkyl halides is 2. The summed E-state index contributed by atoms with van der Waals surface area (Å²) in [6, 6.07) is 0.928. The smallest absolute Gasteiger partial charge is 0.264 e. The Morgan fingerprint density at radius 2 is 2.21 bits per heavy atom. The van der Waals surface area contributed by atoms with E-state index in [0.29, 0.717) is 0 Å². The van der Waals surface area contributed by atoms with Crippen LogP contribution in [0.4, 0.5) is 13.2 Å². The highest BCUT2D eigenvalue weighted by Gasteiger charge is 2.18. The number of aromatic nitrogens is 1. The van der Waals surface area contributed by atoms with Crippen LogP contribution in [0.3, 0.4) is 0 Å². The van der Waals surface area contributed by atoms with Gasteiger partial charge in [-0.05, 0) is 6.07 Å². The van der Waals surface area contributed by atoms with Crippen LogP contribution in [0.1, 0.15) is 28.0 Å². The van der Waals surface area contributed by atoms with Crippen molar-refractivity contribution in [1.29, 1.82) is 0 Å². The molecule has 14 heavy (non-hydrogen) atoms. The molecule has 0 aliphatic rings. The molecule has 0 radical (unpaired) electrons. The number of carbonyl (C=O) groups is 1. The lowest BCUT2D eigenvalue weighted by atomic mass is 10.1. The van der Waals surface area contributed by atoms with Crippen molar-refractivity contribution in [3.63, 3.8) is 0 Å². The van der Waals surface area contributed by atoms with E-state index in [2.05, 4.69) is 4.98 Å². The lowest BCUT2D eigenvalue weighted by Gasteiger charge is -2.06. The average molecular weight is 204 g/mol. The van der Waals surface area contributed by atoms with Crippen LogP contribution in [0.25, 0.3) is 0 Å². The molecule has 0 aromatic carbocycles. The number of rotatable bonds is 3. The molecule has 0 saturated carbocycles. The van der Waals surface area contributed by atoms with Gasteiger partial charge in [-0.2, -0.15) is 4.39 Å². The summed E-state index contributed by atoms with van der Waals surface area (Å²) in [5.41, 5.74) is 3.72. The molecule has 0 atom stereocenters. The second kappa shape index (κ2) is 4.19. The monoisotopic (exact) mass is 204 g/mol. The van der Waals surface area contributed by atoms with Crippen LogP contribution in [0.15, 0.2) is 6.07 Å². The minimum absolute atomic E-state index is 0.0107. The molecule has 0 bridgehead atoms. The van der Waals surface area contributed by atoms with E-state index in [1.807, 2.05) is 0 Å². The molecule has 1 aromatic heterocycles. The summed E-state index contributed by atoms with van der Waals surface area (Å²) in [7, 11) is 0. The van der Waals surface area contributed by atoms with E-state index < -0.39 is 23.5 Å². The normalized spacial score (nSPS) is 10.6. The summed E-state index contributed by atoms with van der Waals surface area (Å²) < 4.78 is 37.6. The van der Waals surface area contributed by atoms with Crippen molar-refractivity contribution in [2.24, 2.45) is 5.73 Å². The summed E-state index contributed by atoms with van der Waals surface area (Å²) in [5, 5.41) is 0. The first-order chi connectivity index (χ1) is 6.60. The second-order valence-corrected chi connectivity index (χ2v) is 2.53. The molecule has 3 nitrogen and oxygen atoms in total. The minimum atomic E-state index is -2.92.